The summed E-state index contributed by atoms with van der Waals surface area (Å²) in [5, 5.41) is 29.3. The number of halogens is 3. The first-order valence-corrected chi connectivity index (χ1v) is 37.9. The van der Waals surface area contributed by atoms with Gasteiger partial charge in [0.1, 0.15) is 51.8 Å². The Morgan fingerprint density at radius 2 is 0.894 bits per heavy atom. The van der Waals surface area contributed by atoms with Crippen LogP contribution in [-0.4, -0.2) is 182 Å². The molecule has 9 aromatic heterocycles. The van der Waals surface area contributed by atoms with E-state index in [0.29, 0.717) is 146 Å². The molecular weight excluding hydrogens is 1440 g/mol. The van der Waals surface area contributed by atoms with Crippen molar-refractivity contribution < 1.29 is 46.9 Å². The minimum Gasteiger partial charge on any atom is -0.389 e. The van der Waals surface area contributed by atoms with Gasteiger partial charge in [-0.25, -0.2) is 43.1 Å². The van der Waals surface area contributed by atoms with Crippen LogP contribution in [-0.2, 0) is 40.4 Å². The third kappa shape index (κ3) is 15.2. The molecule has 12 aromatic rings. The van der Waals surface area contributed by atoms with E-state index in [1.54, 1.807) is 37.2 Å². The maximum Gasteiger partial charge on any atom is 0.254 e. The van der Waals surface area contributed by atoms with Crippen LogP contribution >= 0.6 is 0 Å². The van der Waals surface area contributed by atoms with Crippen molar-refractivity contribution in [1.29, 1.82) is 0 Å². The molecule has 0 saturated carbocycles. The van der Waals surface area contributed by atoms with Crippen molar-refractivity contribution in [3.05, 3.63) is 225 Å². The van der Waals surface area contributed by atoms with Crippen molar-refractivity contribution in [2.45, 2.75) is 82.9 Å². The number of β-amino-alcohol motifs (C(OH)–C–C–N with tert-alkyl or cyclic N) is 1. The van der Waals surface area contributed by atoms with E-state index < -0.39 is 6.10 Å². The number of carbonyl (C=O) groups excluding carboxylic acids is 3. The van der Waals surface area contributed by atoms with Gasteiger partial charge in [-0.3, -0.25) is 27.6 Å². The number of ether oxygens (including phenoxy) is 3. The van der Waals surface area contributed by atoms with Crippen molar-refractivity contribution in [2.24, 2.45) is 0 Å². The number of nitrogens with zero attached hydrogens (tertiary/aromatic N) is 13. The Bertz CT molecular complexity index is 5430. The molecule has 7 N–H and O–H groups in total. The first kappa shape index (κ1) is 75.3. The Morgan fingerprint density at radius 1 is 0.504 bits per heavy atom. The number of aliphatic hydroxyl groups is 1. The summed E-state index contributed by atoms with van der Waals surface area (Å²) < 4.78 is 63.3. The fourth-order valence-electron chi connectivity index (χ4n) is 15.8. The Morgan fingerprint density at radius 3 is 1.27 bits per heavy atom. The maximum absolute atomic E-state index is 13.7. The zero-order valence-corrected chi connectivity index (χ0v) is 64.0. The molecule has 3 saturated heterocycles. The number of rotatable bonds is 18. The zero-order chi connectivity index (χ0) is 78.5. The number of aromatic nitrogens is 9. The standard InChI is InChI=1S/C28H30FN7O3.2C28H29FN6O2/c1-34(2)15-22-23(35-9-10-39-16-18(37)14-35)5-6-25(33-22)32-21-4-3-19(20-12-31-28(38)27(20)21)24-13-30-26-11-17(29)7-8-36(24)26;2*1-16(34(2)3)27-19(17-9-11-37-15-17)5-7-24(33-27)32-22-6-4-20(21-13-31-28(36)26(21)22)23-14-30-25-12-18(29)8-10-35(23)25/h3-8,11,13,18,37H,9-10,12,14-16H2,1-2H3,(H,31,38)(H,32,33);2*4-8,10,12,14,16-17H,9,11,13,15H2,1-3H3,(H,31,36)(H,32,33)/t18-;16-,17+;16-,17-/m010/s1. The molecule has 0 aliphatic carbocycles. The lowest BCUT2D eigenvalue weighted by molar-refractivity contribution is 0.0597. The number of imidazole rings is 3. The number of amides is 3. The van der Waals surface area contributed by atoms with Gasteiger partial charge in [-0.05, 0) is 157 Å². The Kier molecular flexibility index (Phi) is 21.2. The second-order valence-corrected chi connectivity index (χ2v) is 29.9. The van der Waals surface area contributed by atoms with Crippen molar-refractivity contribution >= 4 is 74.9 Å². The van der Waals surface area contributed by atoms with Crippen LogP contribution in [0.2, 0.25) is 0 Å². The molecule has 582 valence electrons. The highest BCUT2D eigenvalue weighted by Crippen LogP contribution is 2.42. The van der Waals surface area contributed by atoms with E-state index in [1.165, 1.54) is 47.5 Å². The highest BCUT2D eigenvalue weighted by molar-refractivity contribution is 6.08. The number of aliphatic hydroxyl groups excluding tert-OH is 1. The van der Waals surface area contributed by atoms with E-state index in [4.69, 9.17) is 29.2 Å². The summed E-state index contributed by atoms with van der Waals surface area (Å²) in [7, 11) is 12.2. The number of fused-ring (bicyclic) bond motifs is 6. The molecule has 3 aromatic carbocycles. The van der Waals surface area contributed by atoms with E-state index in [-0.39, 0.29) is 47.3 Å². The Balaban J connectivity index is 0.000000128. The molecule has 0 radical (unpaired) electrons. The van der Waals surface area contributed by atoms with Gasteiger partial charge in [-0.15, -0.1) is 0 Å². The average Bonchev–Trinajstić information content (AvgIpc) is 1.58. The largest absolute Gasteiger partial charge is 0.389 e. The third-order valence-corrected chi connectivity index (χ3v) is 21.9. The molecule has 113 heavy (non-hydrogen) atoms. The van der Waals surface area contributed by atoms with Crippen LogP contribution in [0.5, 0.6) is 0 Å². The van der Waals surface area contributed by atoms with E-state index in [9.17, 15) is 32.7 Å². The summed E-state index contributed by atoms with van der Waals surface area (Å²) in [6.45, 7) is 11.1. The average molecular weight is 1530 g/mol. The SMILES string of the molecule is CN(C)Cc1nc(Nc2ccc(-c3cnc4cc(F)ccn34)c3c2C(=O)NC3)ccc1N1CCOC[C@@H](O)C1.C[C@@H](c1nc(Nc2ccc(-c3cnc4cc(F)ccn34)c3c2C(=O)NC3)ccc1[C@H]1CCOC1)N(C)C.C[C@H](c1nc(Nc2ccc(-c3cnc4cc(F)ccn34)c3c2C(=O)NC3)ccc1[C@H]1CCOC1)N(C)C. The lowest BCUT2D eigenvalue weighted by Gasteiger charge is -2.27. The van der Waals surface area contributed by atoms with Crippen molar-refractivity contribution in [2.75, 3.05) is 116 Å². The maximum atomic E-state index is 13.7. The first-order chi connectivity index (χ1) is 54.7. The van der Waals surface area contributed by atoms with Crippen LogP contribution in [0.1, 0.15) is 127 Å². The van der Waals surface area contributed by atoms with E-state index in [0.717, 1.165) is 99.3 Å². The third-order valence-electron chi connectivity index (χ3n) is 21.9. The molecule has 3 amide bonds. The molecule has 5 atom stereocenters. The van der Waals surface area contributed by atoms with Gasteiger partial charge in [0.15, 0.2) is 0 Å². The lowest BCUT2D eigenvalue weighted by atomic mass is 9.94. The van der Waals surface area contributed by atoms with Crippen LogP contribution in [0.3, 0.4) is 0 Å². The van der Waals surface area contributed by atoms with E-state index >= 15 is 0 Å². The lowest BCUT2D eigenvalue weighted by Crippen LogP contribution is -2.34. The number of benzene rings is 3. The number of pyridine rings is 6. The van der Waals surface area contributed by atoms with E-state index in [1.807, 2.05) is 121 Å². The molecule has 15 heterocycles. The van der Waals surface area contributed by atoms with Gasteiger partial charge in [0, 0.05) is 130 Å². The van der Waals surface area contributed by atoms with Gasteiger partial charge in [-0.1, -0.05) is 30.3 Å². The topological polar surface area (TPSA) is 275 Å². The number of anilines is 7. The molecule has 3 fully saturated rings. The van der Waals surface area contributed by atoms with Crippen LogP contribution < -0.4 is 36.8 Å². The summed E-state index contributed by atoms with van der Waals surface area (Å²) >= 11 is 0. The molecule has 26 nitrogen and oxygen atoms in total. The quantitative estimate of drug-likeness (QED) is 0.0420. The van der Waals surface area contributed by atoms with E-state index in [2.05, 4.69) is 87.5 Å². The smallest absolute Gasteiger partial charge is 0.254 e. The Labute approximate surface area is 650 Å². The number of hydrogen-bond donors (Lipinski definition) is 7. The summed E-state index contributed by atoms with van der Waals surface area (Å²) in [5.74, 6) is 1.19. The normalized spacial score (nSPS) is 17.7. The molecule has 18 rings (SSSR count). The van der Waals surface area contributed by atoms with Crippen LogP contribution in [0.4, 0.5) is 53.4 Å². The zero-order valence-electron chi connectivity index (χ0n) is 64.0. The van der Waals surface area contributed by atoms with Gasteiger partial charge >= 0.3 is 0 Å². The van der Waals surface area contributed by atoms with Gasteiger partial charge < -0.3 is 70.8 Å². The second kappa shape index (κ2) is 31.8. The predicted molar refractivity (Wildman–Crippen MR) is 425 cm³/mol. The predicted octanol–water partition coefficient (Wildman–Crippen LogP) is 12.1. The second-order valence-electron chi connectivity index (χ2n) is 29.9. The van der Waals surface area contributed by atoms with Gasteiger partial charge in [0.25, 0.3) is 17.7 Å². The van der Waals surface area contributed by atoms with Crippen LogP contribution in [0.25, 0.3) is 50.7 Å². The highest BCUT2D eigenvalue weighted by Gasteiger charge is 2.34. The molecule has 6 aliphatic rings. The van der Waals surface area contributed by atoms with Crippen LogP contribution in [0.15, 0.2) is 146 Å². The van der Waals surface area contributed by atoms with Crippen molar-refractivity contribution in [3.63, 3.8) is 0 Å². The molecule has 0 bridgehead atoms. The fourth-order valence-corrected chi connectivity index (χ4v) is 15.8. The van der Waals surface area contributed by atoms with Crippen molar-refractivity contribution in [3.8, 4) is 33.8 Å². The highest BCUT2D eigenvalue weighted by atomic mass is 19.1. The monoisotopic (exact) mass is 1530 g/mol. The van der Waals surface area contributed by atoms with Gasteiger partial charge in [0.2, 0.25) is 0 Å². The number of carbonyl (C=O) groups is 3. The van der Waals surface area contributed by atoms with Crippen LogP contribution in [0, 0.1) is 17.5 Å². The van der Waals surface area contributed by atoms with Gasteiger partial charge in [0.05, 0.1) is 125 Å². The Hall–Kier alpha value is -11.7. The minimum absolute atomic E-state index is 0.119. The van der Waals surface area contributed by atoms with Crippen molar-refractivity contribution in [1.82, 2.24) is 73.8 Å². The molecule has 0 unspecified atom stereocenters. The minimum atomic E-state index is -0.566. The van der Waals surface area contributed by atoms with Gasteiger partial charge in [-0.2, -0.15) is 0 Å². The summed E-state index contributed by atoms with van der Waals surface area (Å²) in [6, 6.07) is 32.3. The summed E-state index contributed by atoms with van der Waals surface area (Å²) in [5.41, 5.74) is 19.2. The first-order valence-electron chi connectivity index (χ1n) is 37.9. The fraction of sp³-hybridized carbons (Fsp3) is 0.321. The molecule has 6 aliphatic heterocycles. The molecular formula is C84H88F3N19O7. The molecule has 29 heteroatoms. The molecule has 0 spiro atoms. The summed E-state index contributed by atoms with van der Waals surface area (Å²) in [4.78, 5) is 75.3. The number of hydrogen-bond acceptors (Lipinski definition) is 20. The summed E-state index contributed by atoms with van der Waals surface area (Å²) in [6.07, 6.45) is 11.5. The number of nitrogens with one attached hydrogen (secondary N) is 6.